The molecule has 0 amide bonds. The summed E-state index contributed by atoms with van der Waals surface area (Å²) in [5, 5.41) is 3.07. The summed E-state index contributed by atoms with van der Waals surface area (Å²) in [7, 11) is -4.46. The van der Waals surface area contributed by atoms with E-state index >= 15 is 4.57 Å². The highest BCUT2D eigenvalue weighted by Gasteiger charge is 2.48. The predicted molar refractivity (Wildman–Crippen MR) is 192 cm³/mol. The molecule has 0 atom stereocenters. The molecule has 0 aromatic heterocycles. The van der Waals surface area contributed by atoms with Gasteiger partial charge < -0.3 is 14.6 Å². The Morgan fingerprint density at radius 2 is 1.18 bits per heavy atom. The molecule has 5 aromatic rings. The number of ketones is 2. The molecule has 1 aliphatic carbocycles. The normalized spacial score (nSPS) is 14.2. The Morgan fingerprint density at radius 3 is 1.80 bits per heavy atom. The standard InChI is InChI=1S/C41H32NO7P/c1-22-17-24(3)35-31(19-22)32-20-23(2)18-25(4)36(32)41(47)50(48,40(35)46)27-10-7-9-26(21-27)49-34(43)15-16-42-33-14-8-13-30-37(33)39(45)29-12-6-5-11-28(29)38(30)44/h5-14,17-21,42H,15-16H2,1-4H3. The van der Waals surface area contributed by atoms with Crippen molar-refractivity contribution in [3.63, 3.8) is 0 Å². The Morgan fingerprint density at radius 1 is 0.620 bits per heavy atom. The molecule has 2 aliphatic rings. The molecule has 1 heterocycles. The van der Waals surface area contributed by atoms with E-state index in [0.29, 0.717) is 39.1 Å². The zero-order valence-corrected chi connectivity index (χ0v) is 28.8. The average Bonchev–Trinajstić information content (AvgIpc) is 3.15. The van der Waals surface area contributed by atoms with Gasteiger partial charge in [-0.25, -0.2) is 0 Å². The highest BCUT2D eigenvalue weighted by molar-refractivity contribution is 8.01. The Balaban J connectivity index is 1.14. The van der Waals surface area contributed by atoms with Crippen molar-refractivity contribution < 1.29 is 33.3 Å². The molecular weight excluding hydrogens is 649 g/mol. The second-order valence-corrected chi connectivity index (χ2v) is 15.4. The number of hydrogen-bond donors (Lipinski definition) is 1. The van der Waals surface area contributed by atoms with Crippen LogP contribution in [0, 0.1) is 27.7 Å². The van der Waals surface area contributed by atoms with Crippen molar-refractivity contribution in [3.05, 3.63) is 147 Å². The van der Waals surface area contributed by atoms with E-state index in [1.54, 1.807) is 56.3 Å². The number of benzene rings is 5. The second kappa shape index (κ2) is 12.3. The van der Waals surface area contributed by atoms with Crippen molar-refractivity contribution in [2.24, 2.45) is 0 Å². The van der Waals surface area contributed by atoms with E-state index in [1.165, 1.54) is 24.3 Å². The van der Waals surface area contributed by atoms with Crippen LogP contribution >= 0.6 is 7.14 Å². The van der Waals surface area contributed by atoms with Gasteiger partial charge in [0, 0.05) is 45.4 Å². The predicted octanol–water partition coefficient (Wildman–Crippen LogP) is 7.75. The average molecular weight is 682 g/mol. The third-order valence-electron chi connectivity index (χ3n) is 9.26. The van der Waals surface area contributed by atoms with Crippen LogP contribution in [0.2, 0.25) is 0 Å². The molecule has 8 nitrogen and oxygen atoms in total. The van der Waals surface area contributed by atoms with Gasteiger partial charge in [-0.2, -0.15) is 0 Å². The summed E-state index contributed by atoms with van der Waals surface area (Å²) < 4.78 is 20.6. The third kappa shape index (κ3) is 5.24. The Labute approximate surface area is 288 Å². The highest BCUT2D eigenvalue weighted by atomic mass is 31.2. The van der Waals surface area contributed by atoms with Gasteiger partial charge in [-0.3, -0.25) is 24.0 Å². The number of nitrogens with one attached hydrogen (secondary N) is 1. The largest absolute Gasteiger partial charge is 0.426 e. The van der Waals surface area contributed by atoms with Crippen LogP contribution in [0.5, 0.6) is 5.75 Å². The summed E-state index contributed by atoms with van der Waals surface area (Å²) >= 11 is 0. The van der Waals surface area contributed by atoms with E-state index in [-0.39, 0.29) is 57.8 Å². The van der Waals surface area contributed by atoms with Gasteiger partial charge in [0.15, 0.2) is 11.6 Å². The number of hydrogen-bond acceptors (Lipinski definition) is 8. The number of aryl methyl sites for hydroxylation is 4. The molecule has 0 saturated carbocycles. The van der Waals surface area contributed by atoms with Gasteiger partial charge in [0.2, 0.25) is 18.2 Å². The Bertz CT molecular complexity index is 2330. The fraction of sp³-hybridized carbons (Fsp3) is 0.146. The molecule has 0 unspecified atom stereocenters. The lowest BCUT2D eigenvalue weighted by Gasteiger charge is -2.20. The van der Waals surface area contributed by atoms with Gasteiger partial charge in [0.25, 0.3) is 0 Å². The van der Waals surface area contributed by atoms with E-state index in [2.05, 4.69) is 5.32 Å². The molecule has 248 valence electrons. The van der Waals surface area contributed by atoms with Crippen molar-refractivity contribution in [1.29, 1.82) is 0 Å². The Hall–Kier alpha value is -5.72. The number of carbonyl (C=O) groups is 5. The number of fused-ring (bicyclic) bond motifs is 5. The van der Waals surface area contributed by atoms with Crippen LogP contribution in [0.25, 0.3) is 11.1 Å². The maximum atomic E-state index is 15.0. The number of rotatable bonds is 6. The quantitative estimate of drug-likeness (QED) is 0.108. The second-order valence-electron chi connectivity index (χ2n) is 12.8. The van der Waals surface area contributed by atoms with Crippen molar-refractivity contribution in [2.45, 2.75) is 34.1 Å². The minimum Gasteiger partial charge on any atom is -0.426 e. The van der Waals surface area contributed by atoms with Crippen LogP contribution in [0.4, 0.5) is 5.69 Å². The molecule has 5 aromatic carbocycles. The van der Waals surface area contributed by atoms with Crippen molar-refractivity contribution in [2.75, 3.05) is 11.9 Å². The first-order valence-corrected chi connectivity index (χ1v) is 17.9. The van der Waals surface area contributed by atoms with E-state index in [0.717, 1.165) is 11.1 Å². The number of carbonyl (C=O) groups excluding carboxylic acids is 5. The molecule has 50 heavy (non-hydrogen) atoms. The lowest BCUT2D eigenvalue weighted by atomic mass is 9.83. The number of ether oxygens (including phenoxy) is 1. The van der Waals surface area contributed by atoms with Gasteiger partial charge in [0.05, 0.1) is 12.0 Å². The molecule has 1 aliphatic heterocycles. The lowest BCUT2D eigenvalue weighted by Crippen LogP contribution is -2.23. The topological polar surface area (TPSA) is 124 Å². The molecule has 7 rings (SSSR count). The number of anilines is 1. The first-order valence-electron chi connectivity index (χ1n) is 16.2. The summed E-state index contributed by atoms with van der Waals surface area (Å²) in [6.07, 6.45) is -0.125. The summed E-state index contributed by atoms with van der Waals surface area (Å²) in [6.45, 7) is 7.45. The fourth-order valence-electron chi connectivity index (χ4n) is 7.09. The molecule has 0 spiro atoms. The van der Waals surface area contributed by atoms with E-state index in [1.807, 2.05) is 38.1 Å². The minimum atomic E-state index is -4.46. The van der Waals surface area contributed by atoms with Crippen LogP contribution < -0.4 is 15.4 Å². The maximum Gasteiger partial charge on any atom is 0.312 e. The first-order chi connectivity index (χ1) is 23.9. The first kappa shape index (κ1) is 32.8. The van der Waals surface area contributed by atoms with Crippen molar-refractivity contribution in [3.8, 4) is 16.9 Å². The molecular formula is C41H32NO7P. The minimum absolute atomic E-state index is 0.0194. The molecule has 0 radical (unpaired) electrons. The van der Waals surface area contributed by atoms with Crippen LogP contribution in [0.1, 0.15) is 81.2 Å². The molecule has 0 bridgehead atoms. The zero-order valence-electron chi connectivity index (χ0n) is 27.9. The lowest BCUT2D eigenvalue weighted by molar-refractivity contribution is -0.134. The summed E-state index contributed by atoms with van der Waals surface area (Å²) in [4.78, 5) is 68.1. The van der Waals surface area contributed by atoms with E-state index in [4.69, 9.17) is 4.74 Å². The van der Waals surface area contributed by atoms with Crippen LogP contribution in [0.15, 0.2) is 91.0 Å². The molecule has 9 heteroatoms. The molecule has 0 fully saturated rings. The van der Waals surface area contributed by atoms with Gasteiger partial charge in [-0.05, 0) is 68.1 Å². The summed E-state index contributed by atoms with van der Waals surface area (Å²) in [6, 6.07) is 24.8. The smallest absolute Gasteiger partial charge is 0.312 e. The SMILES string of the molecule is Cc1cc(C)c2c(c1)-c1cc(C)cc(C)c1C(=O)P(=O)(c1cccc(OC(=O)CCNc3cccc4c3C(=O)c3ccccc3C4=O)c1)C2=O. The van der Waals surface area contributed by atoms with E-state index in [9.17, 15) is 24.0 Å². The monoisotopic (exact) mass is 681 g/mol. The molecule has 1 N–H and O–H groups in total. The number of esters is 1. The summed E-state index contributed by atoms with van der Waals surface area (Å²) in [5.41, 5.74) is 4.83. The van der Waals surface area contributed by atoms with Gasteiger partial charge in [-0.1, -0.05) is 83.9 Å². The third-order valence-corrected chi connectivity index (χ3v) is 11.9. The van der Waals surface area contributed by atoms with Crippen LogP contribution in [-0.2, 0) is 9.36 Å². The highest BCUT2D eigenvalue weighted by Crippen LogP contribution is 2.57. The molecule has 0 saturated heterocycles. The zero-order chi connectivity index (χ0) is 35.5. The maximum absolute atomic E-state index is 15.0. The fourth-order valence-corrected chi connectivity index (χ4v) is 9.57. The van der Waals surface area contributed by atoms with Crippen molar-refractivity contribution in [1.82, 2.24) is 0 Å². The summed E-state index contributed by atoms with van der Waals surface area (Å²) in [5.74, 6) is -1.14. The van der Waals surface area contributed by atoms with Crippen LogP contribution in [-0.4, -0.2) is 35.1 Å². The van der Waals surface area contributed by atoms with Crippen LogP contribution in [0.3, 0.4) is 0 Å². The van der Waals surface area contributed by atoms with Gasteiger partial charge >= 0.3 is 5.97 Å². The van der Waals surface area contributed by atoms with Gasteiger partial charge in [-0.15, -0.1) is 0 Å². The van der Waals surface area contributed by atoms with Crippen molar-refractivity contribution >= 4 is 46.7 Å². The Kier molecular flexibility index (Phi) is 8.08. The van der Waals surface area contributed by atoms with E-state index < -0.39 is 24.2 Å². The van der Waals surface area contributed by atoms with Gasteiger partial charge in [0.1, 0.15) is 5.75 Å².